The third-order valence-electron chi connectivity index (χ3n) is 5.96. The molecule has 2 aliphatic rings. The number of thioether (sulfide) groups is 1. The Morgan fingerprint density at radius 2 is 1.97 bits per heavy atom. The van der Waals surface area contributed by atoms with Crippen molar-refractivity contribution in [3.63, 3.8) is 0 Å². The van der Waals surface area contributed by atoms with Gasteiger partial charge in [-0.1, -0.05) is 11.8 Å². The maximum Gasteiger partial charge on any atom is 0.189 e. The Bertz CT molecular complexity index is 1200. The van der Waals surface area contributed by atoms with Crippen LogP contribution < -0.4 is 5.32 Å². The lowest BCUT2D eigenvalue weighted by molar-refractivity contribution is -0.157. The summed E-state index contributed by atoms with van der Waals surface area (Å²) in [4.78, 5) is 30.4. The van der Waals surface area contributed by atoms with Crippen molar-refractivity contribution in [3.8, 4) is 10.6 Å². The summed E-state index contributed by atoms with van der Waals surface area (Å²) < 4.78 is 13.3. The maximum atomic E-state index is 11.7. The van der Waals surface area contributed by atoms with Crippen molar-refractivity contribution in [3.05, 3.63) is 23.7 Å². The molecule has 0 bridgehead atoms. The third kappa shape index (κ3) is 3.68. The van der Waals surface area contributed by atoms with Crippen molar-refractivity contribution in [2.45, 2.75) is 63.3 Å². The number of rotatable bonds is 5. The first kappa shape index (κ1) is 21.7. The summed E-state index contributed by atoms with van der Waals surface area (Å²) in [7, 11) is 0. The van der Waals surface area contributed by atoms with Crippen molar-refractivity contribution in [1.29, 1.82) is 0 Å². The van der Waals surface area contributed by atoms with Crippen LogP contribution in [0.3, 0.4) is 0 Å². The number of nitrogens with zero attached hydrogens (tertiary/aromatic N) is 4. The Kier molecular flexibility index (Phi) is 5.43. The fraction of sp³-hybridized carbons (Fsp3) is 0.500. The zero-order valence-electron chi connectivity index (χ0n) is 18.6. The summed E-state index contributed by atoms with van der Waals surface area (Å²) in [5.41, 5.74) is 3.50. The van der Waals surface area contributed by atoms with Gasteiger partial charge in [0, 0.05) is 12.1 Å². The molecule has 5 rings (SSSR count). The lowest BCUT2D eigenvalue weighted by Crippen LogP contribution is -2.35. The van der Waals surface area contributed by atoms with Gasteiger partial charge in [0.05, 0.1) is 33.8 Å². The minimum Gasteiger partial charge on any atom is -0.364 e. The molecule has 4 heterocycles. The van der Waals surface area contributed by atoms with Crippen LogP contribution in [0.1, 0.15) is 31.7 Å². The van der Waals surface area contributed by atoms with Gasteiger partial charge in [-0.25, -0.2) is 15.0 Å². The van der Waals surface area contributed by atoms with E-state index in [1.807, 2.05) is 40.0 Å². The molecule has 3 aromatic heterocycles. The van der Waals surface area contributed by atoms with E-state index in [1.54, 1.807) is 17.5 Å². The number of ether oxygens (including phenoxy) is 2. The molecule has 0 radical (unpaired) electrons. The molecular formula is C22H25N5O3S2. The predicted molar refractivity (Wildman–Crippen MR) is 125 cm³/mol. The van der Waals surface area contributed by atoms with E-state index in [0.29, 0.717) is 17.4 Å². The first-order valence-electron chi connectivity index (χ1n) is 10.5. The topological polar surface area (TPSA) is 99.1 Å². The van der Waals surface area contributed by atoms with Crippen LogP contribution in [-0.4, -0.2) is 56.5 Å². The Hall–Kier alpha value is -2.14. The summed E-state index contributed by atoms with van der Waals surface area (Å²) in [5.74, 6) is -0.236. The monoisotopic (exact) mass is 471 g/mol. The van der Waals surface area contributed by atoms with Crippen LogP contribution in [0.25, 0.3) is 20.8 Å². The highest BCUT2D eigenvalue weighted by Gasteiger charge is 2.54. The van der Waals surface area contributed by atoms with Gasteiger partial charge in [-0.15, -0.1) is 11.3 Å². The molecule has 3 aromatic rings. The Morgan fingerprint density at radius 1 is 1.19 bits per heavy atom. The molecule has 0 aromatic carbocycles. The fourth-order valence-electron chi connectivity index (χ4n) is 4.56. The molecule has 0 unspecified atom stereocenters. The molecule has 1 saturated heterocycles. The van der Waals surface area contributed by atoms with Crippen molar-refractivity contribution >= 4 is 45.4 Å². The van der Waals surface area contributed by atoms with Gasteiger partial charge in [0.1, 0.15) is 28.7 Å². The smallest absolute Gasteiger partial charge is 0.189 e. The molecule has 1 aliphatic heterocycles. The molecule has 168 valence electrons. The number of nitrogens with one attached hydrogen (secondary N) is 1. The van der Waals surface area contributed by atoms with E-state index >= 15 is 0 Å². The van der Waals surface area contributed by atoms with Crippen molar-refractivity contribution < 1.29 is 14.3 Å². The molecule has 32 heavy (non-hydrogen) atoms. The number of carbonyl (C=O) groups is 1. The quantitative estimate of drug-likeness (QED) is 0.336. The highest BCUT2D eigenvalue weighted by Crippen LogP contribution is 2.43. The standard InChI is InChI=1S/C22H25N5O3S2/c1-10-15(20-26-16-11(2)23-7-6-14(16)32-20)19(27-21(24-10)31-5)25-13-8-12(9-28)17-18(13)30-22(3,4)29-17/h6-7,9,12-13,17-18H,8H2,1-5H3,(H,24,25,27)/t12-,13-,17-,18+/m1/s1. The van der Waals surface area contributed by atoms with Gasteiger partial charge in [-0.3, -0.25) is 4.98 Å². The largest absolute Gasteiger partial charge is 0.364 e. The van der Waals surface area contributed by atoms with Gasteiger partial charge in [0.25, 0.3) is 0 Å². The second kappa shape index (κ2) is 8.02. The summed E-state index contributed by atoms with van der Waals surface area (Å²) in [6.07, 6.45) is 4.86. The number of aryl methyl sites for hydroxylation is 2. The van der Waals surface area contributed by atoms with E-state index < -0.39 is 5.79 Å². The Labute approximate surface area is 194 Å². The lowest BCUT2D eigenvalue weighted by atomic mass is 10.1. The molecule has 0 spiro atoms. The van der Waals surface area contributed by atoms with E-state index in [0.717, 1.165) is 38.5 Å². The molecule has 0 amide bonds. The van der Waals surface area contributed by atoms with Gasteiger partial charge in [-0.05, 0) is 46.4 Å². The van der Waals surface area contributed by atoms with Gasteiger partial charge < -0.3 is 19.6 Å². The number of thiazole rings is 1. The van der Waals surface area contributed by atoms with E-state index in [-0.39, 0.29) is 24.2 Å². The van der Waals surface area contributed by atoms with Gasteiger partial charge in [-0.2, -0.15) is 0 Å². The maximum absolute atomic E-state index is 11.7. The van der Waals surface area contributed by atoms with Crippen molar-refractivity contribution in [1.82, 2.24) is 19.9 Å². The van der Waals surface area contributed by atoms with E-state index in [4.69, 9.17) is 19.4 Å². The third-order valence-corrected chi connectivity index (χ3v) is 7.55. The number of aldehydes is 1. The molecule has 1 N–H and O–H groups in total. The summed E-state index contributed by atoms with van der Waals surface area (Å²) in [5, 5.41) is 5.10. The van der Waals surface area contributed by atoms with Crippen LogP contribution in [-0.2, 0) is 14.3 Å². The van der Waals surface area contributed by atoms with Crippen LogP contribution >= 0.6 is 23.1 Å². The van der Waals surface area contributed by atoms with E-state index in [1.165, 1.54) is 11.8 Å². The zero-order chi connectivity index (χ0) is 22.6. The van der Waals surface area contributed by atoms with Crippen LogP contribution in [0.15, 0.2) is 17.4 Å². The van der Waals surface area contributed by atoms with Crippen LogP contribution in [0.4, 0.5) is 5.82 Å². The summed E-state index contributed by atoms with van der Waals surface area (Å²) >= 11 is 3.09. The first-order chi connectivity index (χ1) is 15.3. The second-order valence-electron chi connectivity index (χ2n) is 8.63. The molecule has 1 aliphatic carbocycles. The van der Waals surface area contributed by atoms with Crippen LogP contribution in [0.5, 0.6) is 0 Å². The number of fused-ring (bicyclic) bond motifs is 2. The molecular weight excluding hydrogens is 446 g/mol. The SMILES string of the molecule is CSc1nc(C)c(-c2nc3c(C)nccc3s2)c(N[C@@H]2C[C@H](C=O)[C@H]3OC(C)(C)O[C@H]32)n1. The highest BCUT2D eigenvalue weighted by molar-refractivity contribution is 7.98. The van der Waals surface area contributed by atoms with Crippen molar-refractivity contribution in [2.75, 3.05) is 11.6 Å². The zero-order valence-corrected chi connectivity index (χ0v) is 20.2. The normalized spacial score (nSPS) is 26.4. The predicted octanol–water partition coefficient (Wildman–Crippen LogP) is 4.01. The van der Waals surface area contributed by atoms with Crippen molar-refractivity contribution in [2.24, 2.45) is 5.92 Å². The number of hydrogen-bond acceptors (Lipinski definition) is 10. The van der Waals surface area contributed by atoms with Crippen LogP contribution in [0.2, 0.25) is 0 Å². The van der Waals surface area contributed by atoms with Gasteiger partial charge >= 0.3 is 0 Å². The second-order valence-corrected chi connectivity index (χ2v) is 10.4. The average molecular weight is 472 g/mol. The molecule has 10 heteroatoms. The minimum absolute atomic E-state index is 0.113. The molecule has 2 fully saturated rings. The van der Waals surface area contributed by atoms with E-state index in [9.17, 15) is 4.79 Å². The number of hydrogen-bond donors (Lipinski definition) is 1. The van der Waals surface area contributed by atoms with Crippen LogP contribution in [0, 0.1) is 19.8 Å². The molecule has 1 saturated carbocycles. The molecule has 8 nitrogen and oxygen atoms in total. The number of anilines is 1. The Balaban J connectivity index is 1.57. The fourth-order valence-corrected chi connectivity index (χ4v) is 6.08. The Morgan fingerprint density at radius 3 is 2.69 bits per heavy atom. The minimum atomic E-state index is -0.719. The lowest BCUT2D eigenvalue weighted by Gasteiger charge is -2.24. The number of aromatic nitrogens is 4. The average Bonchev–Trinajstić information content (AvgIpc) is 3.39. The molecule has 4 atom stereocenters. The number of pyridine rings is 1. The van der Waals surface area contributed by atoms with E-state index in [2.05, 4.69) is 15.3 Å². The first-order valence-corrected chi connectivity index (χ1v) is 12.6. The highest BCUT2D eigenvalue weighted by atomic mass is 32.2. The number of carbonyl (C=O) groups excluding carboxylic acids is 1. The summed E-state index contributed by atoms with van der Waals surface area (Å²) in [6.45, 7) is 7.70. The van der Waals surface area contributed by atoms with Gasteiger partial charge in [0.15, 0.2) is 10.9 Å². The van der Waals surface area contributed by atoms with Gasteiger partial charge in [0.2, 0.25) is 0 Å². The summed E-state index contributed by atoms with van der Waals surface area (Å²) in [6, 6.07) is 1.86.